The van der Waals surface area contributed by atoms with Crippen molar-refractivity contribution < 1.29 is 5.11 Å². The molecule has 0 fully saturated rings. The Morgan fingerprint density at radius 2 is 2.43 bits per heavy atom. The molecule has 14 heavy (non-hydrogen) atoms. The molecule has 1 aromatic carbocycles. The largest absolute Gasteiger partial charge is 0.508 e. The van der Waals surface area contributed by atoms with Crippen LogP contribution in [0, 0.1) is 0 Å². The Hall–Kier alpha value is -0.670. The molecule has 1 heterocycles. The van der Waals surface area contributed by atoms with E-state index >= 15 is 0 Å². The van der Waals surface area contributed by atoms with Crippen LogP contribution >= 0.6 is 11.8 Å². The van der Waals surface area contributed by atoms with Gasteiger partial charge in [-0.25, -0.2) is 0 Å². The lowest BCUT2D eigenvalue weighted by Gasteiger charge is -2.14. The molecule has 3 heteroatoms. The van der Waals surface area contributed by atoms with E-state index in [4.69, 9.17) is 5.73 Å². The van der Waals surface area contributed by atoms with Crippen molar-refractivity contribution in [3.05, 3.63) is 23.8 Å². The Morgan fingerprint density at radius 3 is 3.14 bits per heavy atom. The number of rotatable bonds is 2. The maximum Gasteiger partial charge on any atom is 0.120 e. The Bertz CT molecular complexity index is 338. The number of thioether (sulfide) groups is 1. The van der Waals surface area contributed by atoms with Crippen LogP contribution in [-0.2, 0) is 0 Å². The van der Waals surface area contributed by atoms with Gasteiger partial charge in [-0.05, 0) is 31.4 Å². The zero-order valence-corrected chi connectivity index (χ0v) is 9.05. The first-order valence-electron chi connectivity index (χ1n) is 4.88. The van der Waals surface area contributed by atoms with Gasteiger partial charge in [0.25, 0.3) is 0 Å². The van der Waals surface area contributed by atoms with Gasteiger partial charge in [0.05, 0.1) is 0 Å². The monoisotopic (exact) mass is 209 g/mol. The molecule has 0 aliphatic carbocycles. The maximum absolute atomic E-state index is 9.76. The topological polar surface area (TPSA) is 46.2 Å². The van der Waals surface area contributed by atoms with Gasteiger partial charge in [0.1, 0.15) is 5.75 Å². The summed E-state index contributed by atoms with van der Waals surface area (Å²) >= 11 is 1.82. The van der Waals surface area contributed by atoms with E-state index in [1.807, 2.05) is 24.8 Å². The number of phenols is 1. The summed E-state index contributed by atoms with van der Waals surface area (Å²) in [4.78, 5) is 1.22. The molecule has 76 valence electrons. The second kappa shape index (κ2) is 3.83. The number of aromatic hydroxyl groups is 1. The highest BCUT2D eigenvalue weighted by molar-refractivity contribution is 7.99. The van der Waals surface area contributed by atoms with Gasteiger partial charge in [-0.1, -0.05) is 6.07 Å². The molecule has 2 nitrogen and oxygen atoms in total. The van der Waals surface area contributed by atoms with Gasteiger partial charge >= 0.3 is 0 Å². The summed E-state index contributed by atoms with van der Waals surface area (Å²) in [6, 6.07) is 5.93. The van der Waals surface area contributed by atoms with Crippen molar-refractivity contribution in [2.45, 2.75) is 30.2 Å². The van der Waals surface area contributed by atoms with E-state index in [9.17, 15) is 5.11 Å². The van der Waals surface area contributed by atoms with Gasteiger partial charge in [-0.2, -0.15) is 0 Å². The quantitative estimate of drug-likeness (QED) is 0.785. The molecule has 0 amide bonds. The fourth-order valence-corrected chi connectivity index (χ4v) is 3.26. The third kappa shape index (κ3) is 1.74. The van der Waals surface area contributed by atoms with Crippen LogP contribution in [0.5, 0.6) is 5.75 Å². The zero-order chi connectivity index (χ0) is 10.1. The Kier molecular flexibility index (Phi) is 2.70. The number of phenolic OH excluding ortho intramolecular Hbond substituents is 1. The van der Waals surface area contributed by atoms with Gasteiger partial charge < -0.3 is 10.8 Å². The van der Waals surface area contributed by atoms with E-state index in [0.717, 1.165) is 17.7 Å². The van der Waals surface area contributed by atoms with E-state index in [-0.39, 0.29) is 6.04 Å². The Morgan fingerprint density at radius 1 is 1.64 bits per heavy atom. The molecule has 0 saturated heterocycles. The molecule has 2 rings (SSSR count). The van der Waals surface area contributed by atoms with Crippen molar-refractivity contribution >= 4 is 11.8 Å². The van der Waals surface area contributed by atoms with Crippen LogP contribution in [0.2, 0.25) is 0 Å². The summed E-state index contributed by atoms with van der Waals surface area (Å²) in [6.07, 6.45) is 0.956. The molecule has 1 aliphatic rings. The van der Waals surface area contributed by atoms with Crippen LogP contribution in [0.25, 0.3) is 0 Å². The Balaban J connectivity index is 2.29. The van der Waals surface area contributed by atoms with E-state index in [0.29, 0.717) is 11.7 Å². The summed E-state index contributed by atoms with van der Waals surface area (Å²) in [5, 5.41) is 9.76. The fourth-order valence-electron chi connectivity index (χ4n) is 1.98. The normalized spacial score (nSPS) is 22.0. The molecule has 2 unspecified atom stereocenters. The summed E-state index contributed by atoms with van der Waals surface area (Å²) in [5.74, 6) is 1.91. The molecular formula is C11H15NOS. The van der Waals surface area contributed by atoms with E-state index in [2.05, 4.69) is 6.07 Å². The number of hydrogen-bond donors (Lipinski definition) is 2. The SMILES string of the molecule is CC(N)CC1CSc2cccc(O)c21. The minimum atomic E-state index is 0.200. The molecule has 0 spiro atoms. The first kappa shape index (κ1) is 9.87. The van der Waals surface area contributed by atoms with E-state index in [1.165, 1.54) is 4.90 Å². The zero-order valence-electron chi connectivity index (χ0n) is 8.23. The summed E-state index contributed by atoms with van der Waals surface area (Å²) in [6.45, 7) is 2.02. The maximum atomic E-state index is 9.76. The van der Waals surface area contributed by atoms with E-state index in [1.54, 1.807) is 6.07 Å². The van der Waals surface area contributed by atoms with Gasteiger partial charge in [0.15, 0.2) is 0 Å². The summed E-state index contributed by atoms with van der Waals surface area (Å²) < 4.78 is 0. The third-order valence-corrected chi connectivity index (χ3v) is 3.78. The van der Waals surface area contributed by atoms with Crippen LogP contribution in [-0.4, -0.2) is 16.9 Å². The average Bonchev–Trinajstić information content (AvgIpc) is 2.49. The van der Waals surface area contributed by atoms with Crippen LogP contribution in [0.15, 0.2) is 23.1 Å². The van der Waals surface area contributed by atoms with Crippen LogP contribution in [0.4, 0.5) is 0 Å². The lowest BCUT2D eigenvalue weighted by Crippen LogP contribution is -2.18. The predicted octanol–water partition coefficient (Wildman–Crippen LogP) is 2.32. The Labute approximate surface area is 88.5 Å². The number of fused-ring (bicyclic) bond motifs is 1. The highest BCUT2D eigenvalue weighted by Crippen LogP contribution is 2.45. The standard InChI is InChI=1S/C11H15NOS/c1-7(12)5-8-6-14-10-4-2-3-9(13)11(8)10/h2-4,7-8,13H,5-6,12H2,1H3. The molecule has 0 bridgehead atoms. The fraction of sp³-hybridized carbons (Fsp3) is 0.455. The van der Waals surface area contributed by atoms with Crippen LogP contribution < -0.4 is 5.73 Å². The van der Waals surface area contributed by atoms with Gasteiger partial charge in [0.2, 0.25) is 0 Å². The summed E-state index contributed by atoms with van der Waals surface area (Å²) in [5.41, 5.74) is 6.89. The minimum Gasteiger partial charge on any atom is -0.508 e. The molecule has 1 aliphatic heterocycles. The van der Waals surface area contributed by atoms with Crippen LogP contribution in [0.1, 0.15) is 24.8 Å². The molecule has 0 radical (unpaired) electrons. The van der Waals surface area contributed by atoms with Crippen molar-refractivity contribution in [1.82, 2.24) is 0 Å². The minimum absolute atomic E-state index is 0.200. The second-order valence-electron chi connectivity index (χ2n) is 3.91. The average molecular weight is 209 g/mol. The molecule has 0 saturated carbocycles. The van der Waals surface area contributed by atoms with Crippen molar-refractivity contribution in [2.75, 3.05) is 5.75 Å². The van der Waals surface area contributed by atoms with Gasteiger partial charge in [0, 0.05) is 22.3 Å². The molecule has 0 aromatic heterocycles. The van der Waals surface area contributed by atoms with E-state index < -0.39 is 0 Å². The molecule has 2 atom stereocenters. The van der Waals surface area contributed by atoms with Crippen molar-refractivity contribution in [2.24, 2.45) is 5.73 Å². The lowest BCUT2D eigenvalue weighted by molar-refractivity contribution is 0.456. The van der Waals surface area contributed by atoms with Gasteiger partial charge in [-0.15, -0.1) is 11.8 Å². The van der Waals surface area contributed by atoms with Crippen LogP contribution in [0.3, 0.4) is 0 Å². The predicted molar refractivity (Wildman–Crippen MR) is 59.8 cm³/mol. The number of hydrogen-bond acceptors (Lipinski definition) is 3. The molecule has 3 N–H and O–H groups in total. The van der Waals surface area contributed by atoms with Crippen molar-refractivity contribution in [3.63, 3.8) is 0 Å². The lowest BCUT2D eigenvalue weighted by atomic mass is 9.94. The third-order valence-electron chi connectivity index (χ3n) is 2.55. The number of nitrogens with two attached hydrogens (primary N) is 1. The number of benzene rings is 1. The molecular weight excluding hydrogens is 194 g/mol. The molecule has 1 aromatic rings. The highest BCUT2D eigenvalue weighted by Gasteiger charge is 2.26. The first-order valence-corrected chi connectivity index (χ1v) is 5.87. The van der Waals surface area contributed by atoms with Crippen molar-refractivity contribution in [1.29, 1.82) is 0 Å². The smallest absolute Gasteiger partial charge is 0.120 e. The second-order valence-corrected chi connectivity index (χ2v) is 4.97. The summed E-state index contributed by atoms with van der Waals surface area (Å²) in [7, 11) is 0. The van der Waals surface area contributed by atoms with Gasteiger partial charge in [-0.3, -0.25) is 0 Å². The van der Waals surface area contributed by atoms with Crippen molar-refractivity contribution in [3.8, 4) is 5.75 Å². The first-order chi connectivity index (χ1) is 6.68. The highest BCUT2D eigenvalue weighted by atomic mass is 32.2.